The van der Waals surface area contributed by atoms with Crippen LogP contribution in [0.15, 0.2) is 48.5 Å². The van der Waals surface area contributed by atoms with Gasteiger partial charge in [0.05, 0.1) is 7.11 Å². The van der Waals surface area contributed by atoms with Crippen LogP contribution in [0, 0.1) is 0 Å². The maximum absolute atomic E-state index is 12.1. The molecular weight excluding hydrogens is 348 g/mol. The van der Waals surface area contributed by atoms with Crippen LogP contribution in [-0.2, 0) is 4.79 Å². The summed E-state index contributed by atoms with van der Waals surface area (Å²) in [5, 5.41) is 5.55. The Hall–Kier alpha value is -3.35. The largest absolute Gasteiger partial charge is 0.497 e. The number of nitrogens with one attached hydrogen (secondary N) is 2. The fourth-order valence-corrected chi connectivity index (χ4v) is 2.31. The van der Waals surface area contributed by atoms with Crippen LogP contribution in [0.3, 0.4) is 0 Å². The number of amides is 2. The standard InChI is InChI=1S/C20H22N2O5/c1-14(23)27-18-6-3-5-16(13-18)20(25)22-12-4-11-21-19(24)15-7-9-17(26-2)10-8-15/h3,5-10,13H,4,11-12H2,1-2H3,(H,21,24)(H,22,25). The number of carbonyl (C=O) groups is 3. The van der Waals surface area contributed by atoms with E-state index in [0.29, 0.717) is 42.1 Å². The average Bonchev–Trinajstić information content (AvgIpc) is 2.67. The van der Waals surface area contributed by atoms with Crippen molar-refractivity contribution in [1.82, 2.24) is 10.6 Å². The van der Waals surface area contributed by atoms with Crippen LogP contribution in [0.1, 0.15) is 34.1 Å². The second kappa shape index (κ2) is 9.96. The quantitative estimate of drug-likeness (QED) is 0.422. The monoisotopic (exact) mass is 370 g/mol. The molecule has 0 fully saturated rings. The molecule has 0 radical (unpaired) electrons. The van der Waals surface area contributed by atoms with E-state index < -0.39 is 5.97 Å². The van der Waals surface area contributed by atoms with Crippen molar-refractivity contribution >= 4 is 17.8 Å². The van der Waals surface area contributed by atoms with Crippen molar-refractivity contribution in [2.45, 2.75) is 13.3 Å². The van der Waals surface area contributed by atoms with E-state index in [0.717, 1.165) is 0 Å². The molecule has 0 atom stereocenters. The lowest BCUT2D eigenvalue weighted by Gasteiger charge is -2.08. The summed E-state index contributed by atoms with van der Waals surface area (Å²) < 4.78 is 10.0. The van der Waals surface area contributed by atoms with E-state index >= 15 is 0 Å². The van der Waals surface area contributed by atoms with Gasteiger partial charge in [0.2, 0.25) is 0 Å². The smallest absolute Gasteiger partial charge is 0.308 e. The predicted octanol–water partition coefficient (Wildman–Crippen LogP) is 2.17. The maximum atomic E-state index is 12.1. The maximum Gasteiger partial charge on any atom is 0.308 e. The third-order valence-corrected chi connectivity index (χ3v) is 3.63. The number of carbonyl (C=O) groups excluding carboxylic acids is 3. The predicted molar refractivity (Wildman–Crippen MR) is 100 cm³/mol. The van der Waals surface area contributed by atoms with Crippen molar-refractivity contribution in [2.75, 3.05) is 20.2 Å². The molecule has 0 saturated carbocycles. The molecular formula is C20H22N2O5. The van der Waals surface area contributed by atoms with Crippen molar-refractivity contribution in [2.24, 2.45) is 0 Å². The highest BCUT2D eigenvalue weighted by atomic mass is 16.5. The number of esters is 1. The molecule has 0 bridgehead atoms. The first-order valence-electron chi connectivity index (χ1n) is 8.48. The van der Waals surface area contributed by atoms with Crippen LogP contribution in [0.2, 0.25) is 0 Å². The zero-order chi connectivity index (χ0) is 19.6. The summed E-state index contributed by atoms with van der Waals surface area (Å²) in [5.41, 5.74) is 0.943. The molecule has 7 heteroatoms. The fourth-order valence-electron chi connectivity index (χ4n) is 2.31. The summed E-state index contributed by atoms with van der Waals surface area (Å²) in [6.07, 6.45) is 0.581. The molecule has 2 N–H and O–H groups in total. The van der Waals surface area contributed by atoms with Gasteiger partial charge in [0, 0.05) is 31.1 Å². The Morgan fingerprint density at radius 1 is 0.852 bits per heavy atom. The third kappa shape index (κ3) is 6.47. The number of benzene rings is 2. The molecule has 2 rings (SSSR count). The van der Waals surface area contributed by atoms with E-state index in [4.69, 9.17) is 9.47 Å². The van der Waals surface area contributed by atoms with E-state index in [-0.39, 0.29) is 11.8 Å². The van der Waals surface area contributed by atoms with Gasteiger partial charge in [-0.3, -0.25) is 14.4 Å². The van der Waals surface area contributed by atoms with Crippen molar-refractivity contribution in [3.63, 3.8) is 0 Å². The average molecular weight is 370 g/mol. The van der Waals surface area contributed by atoms with Gasteiger partial charge in [-0.05, 0) is 48.9 Å². The Labute approximate surface area is 157 Å². The van der Waals surface area contributed by atoms with Gasteiger partial charge in [-0.25, -0.2) is 0 Å². The van der Waals surface area contributed by atoms with E-state index in [9.17, 15) is 14.4 Å². The normalized spacial score (nSPS) is 10.0. The zero-order valence-corrected chi connectivity index (χ0v) is 15.3. The summed E-state index contributed by atoms with van der Waals surface area (Å²) in [6.45, 7) is 2.13. The van der Waals surface area contributed by atoms with Crippen molar-refractivity contribution < 1.29 is 23.9 Å². The summed E-state index contributed by atoms with van der Waals surface area (Å²) in [5.74, 6) is 0.109. The van der Waals surface area contributed by atoms with Gasteiger partial charge in [-0.1, -0.05) is 6.07 Å². The van der Waals surface area contributed by atoms with Gasteiger partial charge < -0.3 is 20.1 Å². The molecule has 0 heterocycles. The first-order valence-corrected chi connectivity index (χ1v) is 8.48. The number of hydrogen-bond donors (Lipinski definition) is 2. The Bertz CT molecular complexity index is 802. The molecule has 0 spiro atoms. The highest BCUT2D eigenvalue weighted by molar-refractivity contribution is 5.95. The van der Waals surface area contributed by atoms with Gasteiger partial charge in [0.15, 0.2) is 0 Å². The SMILES string of the molecule is COc1ccc(C(=O)NCCCNC(=O)c2cccc(OC(C)=O)c2)cc1. The molecule has 7 nitrogen and oxygen atoms in total. The lowest BCUT2D eigenvalue weighted by molar-refractivity contribution is -0.131. The van der Waals surface area contributed by atoms with Crippen LogP contribution in [-0.4, -0.2) is 38.0 Å². The summed E-state index contributed by atoms with van der Waals surface area (Å²) in [6, 6.07) is 13.2. The second-order valence-electron chi connectivity index (χ2n) is 5.72. The van der Waals surface area contributed by atoms with E-state index in [1.54, 1.807) is 49.6 Å². The van der Waals surface area contributed by atoms with E-state index in [2.05, 4.69) is 10.6 Å². The zero-order valence-electron chi connectivity index (χ0n) is 15.3. The molecule has 0 aliphatic heterocycles. The van der Waals surface area contributed by atoms with Crippen molar-refractivity contribution in [3.8, 4) is 11.5 Å². The molecule has 2 aromatic carbocycles. The van der Waals surface area contributed by atoms with E-state index in [1.807, 2.05) is 0 Å². The van der Waals surface area contributed by atoms with Gasteiger partial charge in [-0.2, -0.15) is 0 Å². The van der Waals surface area contributed by atoms with Crippen LogP contribution in [0.5, 0.6) is 11.5 Å². The van der Waals surface area contributed by atoms with Crippen LogP contribution >= 0.6 is 0 Å². The summed E-state index contributed by atoms with van der Waals surface area (Å²) in [4.78, 5) is 35.1. The molecule has 0 aliphatic rings. The molecule has 0 unspecified atom stereocenters. The van der Waals surface area contributed by atoms with Crippen LogP contribution < -0.4 is 20.1 Å². The molecule has 2 amide bonds. The Balaban J connectivity index is 1.72. The van der Waals surface area contributed by atoms with Crippen LogP contribution in [0.4, 0.5) is 0 Å². The lowest BCUT2D eigenvalue weighted by Crippen LogP contribution is -2.29. The first kappa shape index (κ1) is 20.0. The van der Waals surface area contributed by atoms with Crippen molar-refractivity contribution in [1.29, 1.82) is 0 Å². The molecule has 2 aromatic rings. The molecule has 0 saturated heterocycles. The highest BCUT2D eigenvalue weighted by Gasteiger charge is 2.08. The van der Waals surface area contributed by atoms with Gasteiger partial charge in [-0.15, -0.1) is 0 Å². The first-order chi connectivity index (χ1) is 13.0. The van der Waals surface area contributed by atoms with Crippen LogP contribution in [0.25, 0.3) is 0 Å². The van der Waals surface area contributed by atoms with E-state index in [1.165, 1.54) is 13.0 Å². The molecule has 142 valence electrons. The molecule has 27 heavy (non-hydrogen) atoms. The Kier molecular flexibility index (Phi) is 7.37. The number of methoxy groups -OCH3 is 1. The topological polar surface area (TPSA) is 93.7 Å². The minimum absolute atomic E-state index is 0.182. The second-order valence-corrected chi connectivity index (χ2v) is 5.72. The number of ether oxygens (including phenoxy) is 2. The van der Waals surface area contributed by atoms with Gasteiger partial charge >= 0.3 is 5.97 Å². The lowest BCUT2D eigenvalue weighted by atomic mass is 10.2. The third-order valence-electron chi connectivity index (χ3n) is 3.63. The highest BCUT2D eigenvalue weighted by Crippen LogP contribution is 2.13. The van der Waals surface area contributed by atoms with Gasteiger partial charge in [0.1, 0.15) is 11.5 Å². The fraction of sp³-hybridized carbons (Fsp3) is 0.250. The minimum Gasteiger partial charge on any atom is -0.497 e. The molecule has 0 aromatic heterocycles. The van der Waals surface area contributed by atoms with Crippen molar-refractivity contribution in [3.05, 3.63) is 59.7 Å². The molecule has 0 aliphatic carbocycles. The Morgan fingerprint density at radius 3 is 2.07 bits per heavy atom. The number of hydrogen-bond acceptors (Lipinski definition) is 5. The number of rotatable bonds is 8. The summed E-state index contributed by atoms with van der Waals surface area (Å²) >= 11 is 0. The summed E-state index contributed by atoms with van der Waals surface area (Å²) in [7, 11) is 1.57. The Morgan fingerprint density at radius 2 is 1.48 bits per heavy atom. The van der Waals surface area contributed by atoms with Gasteiger partial charge in [0.25, 0.3) is 11.8 Å². The minimum atomic E-state index is -0.444.